The second kappa shape index (κ2) is 10.2. The SMILES string of the molecule is CCc1ccc(-c2nc(CSCC(=O)CCCc3ccncc3)c(C)o2)cc1. The number of nitrogens with zero attached hydrogens (tertiary/aromatic N) is 2. The Kier molecular flexibility index (Phi) is 7.43. The fraction of sp³-hybridized carbons (Fsp3) is 0.348. The lowest BCUT2D eigenvalue weighted by Gasteiger charge is -2.02. The van der Waals surface area contributed by atoms with Crippen LogP contribution in [0.25, 0.3) is 11.5 Å². The van der Waals surface area contributed by atoms with E-state index in [-0.39, 0.29) is 5.78 Å². The van der Waals surface area contributed by atoms with E-state index in [1.54, 1.807) is 24.2 Å². The number of benzene rings is 1. The molecule has 0 radical (unpaired) electrons. The Morgan fingerprint density at radius 3 is 2.54 bits per heavy atom. The fourth-order valence-corrected chi connectivity index (χ4v) is 3.88. The minimum atomic E-state index is 0.288. The lowest BCUT2D eigenvalue weighted by Crippen LogP contribution is -2.02. The van der Waals surface area contributed by atoms with Crippen LogP contribution >= 0.6 is 11.8 Å². The predicted molar refractivity (Wildman–Crippen MR) is 114 cm³/mol. The molecule has 1 aromatic carbocycles. The van der Waals surface area contributed by atoms with Gasteiger partial charge >= 0.3 is 0 Å². The van der Waals surface area contributed by atoms with E-state index in [1.165, 1.54) is 11.1 Å². The number of oxazole rings is 1. The Balaban J connectivity index is 1.44. The predicted octanol–water partition coefficient (Wildman–Crippen LogP) is 5.43. The number of carbonyl (C=O) groups is 1. The van der Waals surface area contributed by atoms with E-state index in [0.29, 0.717) is 23.8 Å². The van der Waals surface area contributed by atoms with Gasteiger partial charge in [-0.25, -0.2) is 4.98 Å². The second-order valence-electron chi connectivity index (χ2n) is 6.81. The summed E-state index contributed by atoms with van der Waals surface area (Å²) >= 11 is 1.61. The molecule has 3 aromatic rings. The van der Waals surface area contributed by atoms with Gasteiger partial charge in [-0.1, -0.05) is 19.1 Å². The number of rotatable bonds is 10. The molecule has 0 aliphatic carbocycles. The minimum absolute atomic E-state index is 0.288. The highest BCUT2D eigenvalue weighted by molar-refractivity contribution is 7.99. The first kappa shape index (κ1) is 20.3. The van der Waals surface area contributed by atoms with Crippen molar-refractivity contribution in [3.8, 4) is 11.5 Å². The van der Waals surface area contributed by atoms with Crippen molar-refractivity contribution < 1.29 is 9.21 Å². The number of thioether (sulfide) groups is 1. The number of aryl methyl sites for hydroxylation is 3. The highest BCUT2D eigenvalue weighted by Gasteiger charge is 2.12. The van der Waals surface area contributed by atoms with Gasteiger partial charge in [0.25, 0.3) is 0 Å². The van der Waals surface area contributed by atoms with Crippen LogP contribution in [-0.4, -0.2) is 21.5 Å². The van der Waals surface area contributed by atoms with Crippen molar-refractivity contribution in [2.75, 3.05) is 5.75 Å². The minimum Gasteiger partial charge on any atom is -0.441 e. The molecule has 2 aromatic heterocycles. The van der Waals surface area contributed by atoms with Crippen molar-refractivity contribution in [2.24, 2.45) is 0 Å². The molecule has 0 saturated carbocycles. The van der Waals surface area contributed by atoms with Crippen LogP contribution in [0.2, 0.25) is 0 Å². The van der Waals surface area contributed by atoms with Crippen LogP contribution in [0.4, 0.5) is 0 Å². The molecular formula is C23H26N2O2S. The van der Waals surface area contributed by atoms with E-state index in [9.17, 15) is 4.79 Å². The maximum atomic E-state index is 12.1. The van der Waals surface area contributed by atoms with Gasteiger partial charge in [-0.2, -0.15) is 0 Å². The Bertz CT molecular complexity index is 889. The van der Waals surface area contributed by atoms with Crippen LogP contribution in [0.5, 0.6) is 0 Å². The van der Waals surface area contributed by atoms with Crippen molar-refractivity contribution in [3.63, 3.8) is 0 Å². The first-order valence-electron chi connectivity index (χ1n) is 9.69. The third kappa shape index (κ3) is 5.80. The second-order valence-corrected chi connectivity index (χ2v) is 7.80. The van der Waals surface area contributed by atoms with Crippen molar-refractivity contribution in [1.29, 1.82) is 0 Å². The third-order valence-electron chi connectivity index (χ3n) is 4.67. The zero-order valence-corrected chi connectivity index (χ0v) is 17.3. The van der Waals surface area contributed by atoms with Gasteiger partial charge in [-0.15, -0.1) is 11.8 Å². The van der Waals surface area contributed by atoms with Crippen molar-refractivity contribution in [3.05, 3.63) is 71.4 Å². The monoisotopic (exact) mass is 394 g/mol. The van der Waals surface area contributed by atoms with Crippen molar-refractivity contribution >= 4 is 17.5 Å². The molecule has 5 heteroatoms. The Morgan fingerprint density at radius 1 is 1.07 bits per heavy atom. The molecule has 2 heterocycles. The molecule has 4 nitrogen and oxygen atoms in total. The summed E-state index contributed by atoms with van der Waals surface area (Å²) in [5, 5.41) is 0. The molecular weight excluding hydrogens is 368 g/mol. The number of Topliss-reactive ketones (excluding diaryl/α,β-unsaturated/α-hetero) is 1. The summed E-state index contributed by atoms with van der Waals surface area (Å²) in [5.41, 5.74) is 4.44. The van der Waals surface area contributed by atoms with Gasteiger partial charge in [0.05, 0.1) is 11.4 Å². The Hall–Kier alpha value is -2.40. The quantitative estimate of drug-likeness (QED) is 0.459. The first-order valence-corrected chi connectivity index (χ1v) is 10.8. The average Bonchev–Trinajstić information content (AvgIpc) is 3.09. The molecule has 0 spiro atoms. The summed E-state index contributed by atoms with van der Waals surface area (Å²) in [6.45, 7) is 4.07. The lowest BCUT2D eigenvalue weighted by atomic mass is 10.1. The molecule has 0 amide bonds. The summed E-state index contributed by atoms with van der Waals surface area (Å²) in [6, 6.07) is 12.3. The van der Waals surface area contributed by atoms with E-state index in [4.69, 9.17) is 4.42 Å². The number of hydrogen-bond acceptors (Lipinski definition) is 5. The summed E-state index contributed by atoms with van der Waals surface area (Å²) in [6.07, 6.45) is 7.01. The average molecular weight is 395 g/mol. The summed E-state index contributed by atoms with van der Waals surface area (Å²) in [5.74, 6) is 2.98. The molecule has 0 aliphatic rings. The highest BCUT2D eigenvalue weighted by atomic mass is 32.2. The number of ketones is 1. The van der Waals surface area contributed by atoms with E-state index >= 15 is 0 Å². The van der Waals surface area contributed by atoms with Crippen molar-refractivity contribution in [2.45, 2.75) is 45.3 Å². The summed E-state index contributed by atoms with van der Waals surface area (Å²) in [4.78, 5) is 20.8. The van der Waals surface area contributed by atoms with Gasteiger partial charge in [-0.3, -0.25) is 9.78 Å². The van der Waals surface area contributed by atoms with Crippen LogP contribution in [0.1, 0.15) is 42.3 Å². The maximum absolute atomic E-state index is 12.1. The first-order chi connectivity index (χ1) is 13.7. The van der Waals surface area contributed by atoms with Gasteiger partial charge in [-0.05, 0) is 61.6 Å². The molecule has 0 unspecified atom stereocenters. The highest BCUT2D eigenvalue weighted by Crippen LogP contribution is 2.25. The molecule has 3 rings (SSSR count). The number of carbonyl (C=O) groups excluding carboxylic acids is 1. The molecule has 146 valence electrons. The van der Waals surface area contributed by atoms with Crippen LogP contribution in [0.15, 0.2) is 53.2 Å². The van der Waals surface area contributed by atoms with Gasteiger partial charge < -0.3 is 4.42 Å². The Labute approximate surface area is 170 Å². The van der Waals surface area contributed by atoms with Crippen LogP contribution in [-0.2, 0) is 23.4 Å². The van der Waals surface area contributed by atoms with Crippen LogP contribution in [0.3, 0.4) is 0 Å². The zero-order chi connectivity index (χ0) is 19.8. The molecule has 28 heavy (non-hydrogen) atoms. The largest absolute Gasteiger partial charge is 0.441 e. The smallest absolute Gasteiger partial charge is 0.226 e. The number of pyridine rings is 1. The summed E-state index contributed by atoms with van der Waals surface area (Å²) < 4.78 is 5.83. The Morgan fingerprint density at radius 2 is 1.82 bits per heavy atom. The molecule has 0 fully saturated rings. The van der Waals surface area contributed by atoms with Gasteiger partial charge in [0.2, 0.25) is 5.89 Å². The van der Waals surface area contributed by atoms with E-state index in [1.807, 2.05) is 31.2 Å². The van der Waals surface area contributed by atoms with Gasteiger partial charge in [0.15, 0.2) is 0 Å². The molecule has 0 atom stereocenters. The van der Waals surface area contributed by atoms with Gasteiger partial charge in [0, 0.05) is 30.1 Å². The fourth-order valence-electron chi connectivity index (χ4n) is 2.94. The van der Waals surface area contributed by atoms with Gasteiger partial charge in [0.1, 0.15) is 11.5 Å². The van der Waals surface area contributed by atoms with Crippen LogP contribution < -0.4 is 0 Å². The summed E-state index contributed by atoms with van der Waals surface area (Å²) in [7, 11) is 0. The van der Waals surface area contributed by atoms with E-state index in [2.05, 4.69) is 29.0 Å². The van der Waals surface area contributed by atoms with Crippen LogP contribution in [0, 0.1) is 6.92 Å². The molecule has 0 aliphatic heterocycles. The lowest BCUT2D eigenvalue weighted by molar-refractivity contribution is -0.116. The molecule has 0 N–H and O–H groups in total. The standard InChI is InChI=1S/C23H26N2O2S/c1-3-18-7-9-20(10-8-18)23-25-22(17(2)27-23)16-28-15-21(26)6-4-5-19-11-13-24-14-12-19/h7-14H,3-6,15-16H2,1-2H3. The third-order valence-corrected chi connectivity index (χ3v) is 5.68. The zero-order valence-electron chi connectivity index (χ0n) is 16.5. The molecule has 0 bridgehead atoms. The number of hydrogen-bond donors (Lipinski definition) is 0. The van der Waals surface area contributed by atoms with E-state index in [0.717, 1.165) is 36.3 Å². The van der Waals surface area contributed by atoms with Crippen molar-refractivity contribution in [1.82, 2.24) is 9.97 Å². The topological polar surface area (TPSA) is 56.0 Å². The van der Waals surface area contributed by atoms with E-state index < -0.39 is 0 Å². The normalized spacial score (nSPS) is 10.9. The maximum Gasteiger partial charge on any atom is 0.226 e. The molecule has 0 saturated heterocycles. The number of aromatic nitrogens is 2.